The van der Waals surface area contributed by atoms with Crippen LogP contribution in [0.25, 0.3) is 6.08 Å². The van der Waals surface area contributed by atoms with Crippen molar-refractivity contribution in [3.63, 3.8) is 0 Å². The molecule has 136 valence electrons. The zero-order chi connectivity index (χ0) is 19.2. The Bertz CT molecular complexity index is 926. The molecule has 0 bridgehead atoms. The van der Waals surface area contributed by atoms with Gasteiger partial charge < -0.3 is 5.11 Å². The number of amides is 1. The van der Waals surface area contributed by atoms with Gasteiger partial charge in [-0.15, -0.1) is 0 Å². The number of sulfonamides is 1. The quantitative estimate of drug-likeness (QED) is 0.704. The van der Waals surface area contributed by atoms with E-state index >= 15 is 0 Å². The zero-order valence-electron chi connectivity index (χ0n) is 13.5. The van der Waals surface area contributed by atoms with Gasteiger partial charge in [0.15, 0.2) is 0 Å². The molecule has 0 radical (unpaired) electrons. The minimum atomic E-state index is -4.13. The standard InChI is InChI=1S/C18H16ClNO5S/c19-15-8-4-7-14(11-15)12-16(18(22)23)17(21)20-26(24,25)10-9-13-5-2-1-3-6-13/h1-11,16H,12H2,(H,20,21)(H,22,23)/b10-9+. The summed E-state index contributed by atoms with van der Waals surface area (Å²) in [6.45, 7) is 0. The van der Waals surface area contributed by atoms with E-state index in [4.69, 9.17) is 11.6 Å². The lowest BCUT2D eigenvalue weighted by Gasteiger charge is -2.12. The molecule has 2 aromatic rings. The summed E-state index contributed by atoms with van der Waals surface area (Å²) in [4.78, 5) is 23.6. The van der Waals surface area contributed by atoms with Crippen LogP contribution in [0, 0.1) is 5.92 Å². The number of aliphatic carboxylic acids is 1. The average Bonchev–Trinajstić information content (AvgIpc) is 2.58. The maximum Gasteiger partial charge on any atom is 0.316 e. The van der Waals surface area contributed by atoms with Gasteiger partial charge in [-0.05, 0) is 35.8 Å². The molecule has 0 fully saturated rings. The van der Waals surface area contributed by atoms with E-state index in [1.54, 1.807) is 53.3 Å². The predicted molar refractivity (Wildman–Crippen MR) is 98.8 cm³/mol. The number of hydrogen-bond acceptors (Lipinski definition) is 4. The third kappa shape index (κ3) is 6.02. The van der Waals surface area contributed by atoms with Crippen LogP contribution in [0.5, 0.6) is 0 Å². The lowest BCUT2D eigenvalue weighted by atomic mass is 9.99. The molecule has 0 aliphatic rings. The molecule has 1 amide bonds. The summed E-state index contributed by atoms with van der Waals surface area (Å²) in [5, 5.41) is 10.5. The first-order chi connectivity index (χ1) is 12.3. The van der Waals surface area contributed by atoms with Gasteiger partial charge in [-0.3, -0.25) is 9.59 Å². The van der Waals surface area contributed by atoms with Crippen LogP contribution in [-0.2, 0) is 26.0 Å². The van der Waals surface area contributed by atoms with E-state index < -0.39 is 27.8 Å². The Hall–Kier alpha value is -2.64. The Morgan fingerprint density at radius 1 is 1.12 bits per heavy atom. The van der Waals surface area contributed by atoms with Crippen LogP contribution in [0.3, 0.4) is 0 Å². The highest BCUT2D eigenvalue weighted by Gasteiger charge is 2.29. The van der Waals surface area contributed by atoms with Crippen molar-refractivity contribution >= 4 is 39.6 Å². The monoisotopic (exact) mass is 393 g/mol. The molecule has 0 aromatic heterocycles. The fourth-order valence-corrected chi connectivity index (χ4v) is 3.21. The Labute approximate surface area is 156 Å². The molecule has 2 N–H and O–H groups in total. The van der Waals surface area contributed by atoms with Crippen molar-refractivity contribution in [1.82, 2.24) is 4.72 Å². The van der Waals surface area contributed by atoms with E-state index in [-0.39, 0.29) is 6.42 Å². The molecule has 1 atom stereocenters. The van der Waals surface area contributed by atoms with Gasteiger partial charge in [0.25, 0.3) is 10.0 Å². The summed E-state index contributed by atoms with van der Waals surface area (Å²) in [5.74, 6) is -4.10. The number of benzene rings is 2. The van der Waals surface area contributed by atoms with E-state index in [1.165, 1.54) is 12.1 Å². The van der Waals surface area contributed by atoms with Gasteiger partial charge >= 0.3 is 5.97 Å². The van der Waals surface area contributed by atoms with Crippen molar-refractivity contribution in [3.05, 3.63) is 76.2 Å². The first kappa shape index (κ1) is 19.7. The normalized spacial score (nSPS) is 12.7. The Balaban J connectivity index is 2.11. The Morgan fingerprint density at radius 3 is 2.42 bits per heavy atom. The number of nitrogens with one attached hydrogen (secondary N) is 1. The van der Waals surface area contributed by atoms with Crippen molar-refractivity contribution < 1.29 is 23.1 Å². The zero-order valence-corrected chi connectivity index (χ0v) is 15.1. The minimum absolute atomic E-state index is 0.181. The topological polar surface area (TPSA) is 101 Å². The second-order valence-corrected chi connectivity index (χ2v) is 7.45. The molecule has 0 saturated carbocycles. The number of rotatable bonds is 7. The summed E-state index contributed by atoms with van der Waals surface area (Å²) in [5.41, 5.74) is 1.14. The first-order valence-corrected chi connectivity index (χ1v) is 9.46. The molecular formula is C18H16ClNO5S. The van der Waals surface area contributed by atoms with Crippen LogP contribution in [0.4, 0.5) is 0 Å². The fourth-order valence-electron chi connectivity index (χ4n) is 2.17. The number of halogens is 1. The number of carboxylic acids is 1. The molecule has 8 heteroatoms. The first-order valence-electron chi connectivity index (χ1n) is 7.54. The van der Waals surface area contributed by atoms with Crippen LogP contribution in [-0.4, -0.2) is 25.4 Å². The van der Waals surface area contributed by atoms with Crippen LogP contribution in [0.15, 0.2) is 60.0 Å². The number of hydrogen-bond donors (Lipinski definition) is 2. The van der Waals surface area contributed by atoms with E-state index in [0.29, 0.717) is 16.1 Å². The van der Waals surface area contributed by atoms with Gasteiger partial charge in [-0.25, -0.2) is 13.1 Å². The predicted octanol–water partition coefficient (Wildman–Crippen LogP) is 2.70. The Morgan fingerprint density at radius 2 is 1.81 bits per heavy atom. The fraction of sp³-hybridized carbons (Fsp3) is 0.111. The SMILES string of the molecule is O=C(O)C(Cc1cccc(Cl)c1)C(=O)NS(=O)(=O)/C=C/c1ccccc1. The number of carbonyl (C=O) groups excluding carboxylic acids is 1. The molecule has 26 heavy (non-hydrogen) atoms. The summed E-state index contributed by atoms with van der Waals surface area (Å²) in [7, 11) is -4.13. The lowest BCUT2D eigenvalue weighted by molar-refractivity contribution is -0.146. The van der Waals surface area contributed by atoms with Gasteiger partial charge in [0, 0.05) is 5.02 Å². The van der Waals surface area contributed by atoms with Crippen molar-refractivity contribution in [2.24, 2.45) is 5.92 Å². The average molecular weight is 394 g/mol. The van der Waals surface area contributed by atoms with Crippen LogP contribution >= 0.6 is 11.6 Å². The van der Waals surface area contributed by atoms with Crippen molar-refractivity contribution in [2.45, 2.75) is 6.42 Å². The highest BCUT2D eigenvalue weighted by molar-refractivity contribution is 7.93. The van der Waals surface area contributed by atoms with Crippen LogP contribution in [0.1, 0.15) is 11.1 Å². The second-order valence-electron chi connectivity index (χ2n) is 5.45. The molecule has 0 aliphatic carbocycles. The summed E-state index contributed by atoms with van der Waals surface area (Å²) >= 11 is 5.84. The largest absolute Gasteiger partial charge is 0.481 e. The molecule has 1 unspecified atom stereocenters. The molecule has 0 spiro atoms. The van der Waals surface area contributed by atoms with Crippen LogP contribution < -0.4 is 4.72 Å². The van der Waals surface area contributed by atoms with Gasteiger partial charge in [0.2, 0.25) is 5.91 Å². The molecule has 2 rings (SSSR count). The summed E-state index contributed by atoms with van der Waals surface area (Å²) in [6, 6.07) is 15.0. The number of carbonyl (C=O) groups is 2. The third-order valence-electron chi connectivity index (χ3n) is 3.43. The molecule has 0 aliphatic heterocycles. The molecular weight excluding hydrogens is 378 g/mol. The van der Waals surface area contributed by atoms with E-state index in [1.807, 2.05) is 0 Å². The van der Waals surface area contributed by atoms with Gasteiger partial charge in [0.1, 0.15) is 5.92 Å². The van der Waals surface area contributed by atoms with Crippen LogP contribution in [0.2, 0.25) is 5.02 Å². The van der Waals surface area contributed by atoms with Gasteiger partial charge in [-0.2, -0.15) is 0 Å². The highest BCUT2D eigenvalue weighted by Crippen LogP contribution is 2.15. The third-order valence-corrected chi connectivity index (χ3v) is 4.64. The highest BCUT2D eigenvalue weighted by atomic mass is 35.5. The number of carboxylic acid groups (broad SMARTS) is 1. The smallest absolute Gasteiger partial charge is 0.316 e. The van der Waals surface area contributed by atoms with Crippen molar-refractivity contribution in [1.29, 1.82) is 0 Å². The molecule has 2 aromatic carbocycles. The lowest BCUT2D eigenvalue weighted by Crippen LogP contribution is -2.39. The van der Waals surface area contributed by atoms with Gasteiger partial charge in [0.05, 0.1) is 5.41 Å². The molecule has 6 nitrogen and oxygen atoms in total. The second kappa shape index (κ2) is 8.64. The summed E-state index contributed by atoms with van der Waals surface area (Å²) in [6.07, 6.45) is 1.13. The molecule has 0 saturated heterocycles. The molecule has 0 heterocycles. The van der Waals surface area contributed by atoms with Crippen molar-refractivity contribution in [2.75, 3.05) is 0 Å². The Kier molecular flexibility index (Phi) is 6.54. The summed E-state index contributed by atoms with van der Waals surface area (Å²) < 4.78 is 25.8. The maximum absolute atomic E-state index is 12.2. The van der Waals surface area contributed by atoms with Crippen molar-refractivity contribution in [3.8, 4) is 0 Å². The van der Waals surface area contributed by atoms with E-state index in [9.17, 15) is 23.1 Å². The van der Waals surface area contributed by atoms with Gasteiger partial charge in [-0.1, -0.05) is 54.1 Å². The van der Waals surface area contributed by atoms with E-state index in [2.05, 4.69) is 0 Å². The maximum atomic E-state index is 12.2. The minimum Gasteiger partial charge on any atom is -0.481 e. The van der Waals surface area contributed by atoms with E-state index in [0.717, 1.165) is 5.41 Å².